The van der Waals surface area contributed by atoms with Crippen LogP contribution in [0.15, 0.2) is 12.2 Å². The molecule has 0 radical (unpaired) electrons. The maximum Gasteiger partial charge on any atom is 0.324 e. The lowest BCUT2D eigenvalue weighted by Gasteiger charge is -2.24. The van der Waals surface area contributed by atoms with Gasteiger partial charge in [0.25, 0.3) is 0 Å². The highest BCUT2D eigenvalue weighted by molar-refractivity contribution is 6.28. The molecule has 1 aliphatic carbocycles. The van der Waals surface area contributed by atoms with Crippen LogP contribution in [0.4, 0.5) is 0 Å². The first-order valence-electron chi connectivity index (χ1n) is 6.90. The maximum atomic E-state index is 5.85. The number of nitrogens with zero attached hydrogens (tertiary/aromatic N) is 3. The van der Waals surface area contributed by atoms with Crippen molar-refractivity contribution in [1.82, 2.24) is 15.0 Å². The molecule has 0 saturated carbocycles. The molecular formula is C14H20ClN3O2. The third-order valence-electron chi connectivity index (χ3n) is 3.25. The van der Waals surface area contributed by atoms with E-state index in [2.05, 4.69) is 34.0 Å². The van der Waals surface area contributed by atoms with E-state index >= 15 is 0 Å². The Morgan fingerprint density at radius 2 is 1.90 bits per heavy atom. The molecule has 0 bridgehead atoms. The van der Waals surface area contributed by atoms with Crippen LogP contribution in [0.5, 0.6) is 12.0 Å². The summed E-state index contributed by atoms with van der Waals surface area (Å²) in [5, 5.41) is 0.0854. The molecule has 0 fully saturated rings. The van der Waals surface area contributed by atoms with E-state index in [4.69, 9.17) is 21.1 Å². The second-order valence-electron chi connectivity index (χ2n) is 5.33. The van der Waals surface area contributed by atoms with Gasteiger partial charge in [0.05, 0.1) is 12.7 Å². The number of rotatable bonds is 5. The molecule has 2 atom stereocenters. The van der Waals surface area contributed by atoms with Crippen molar-refractivity contribution in [1.29, 1.82) is 0 Å². The summed E-state index contributed by atoms with van der Waals surface area (Å²) < 4.78 is 11.1. The normalized spacial score (nSPS) is 22.1. The van der Waals surface area contributed by atoms with Crippen LogP contribution >= 0.6 is 11.6 Å². The lowest BCUT2D eigenvalue weighted by molar-refractivity contribution is 0.177. The summed E-state index contributed by atoms with van der Waals surface area (Å²) in [4.78, 5) is 12.0. The average molecular weight is 298 g/mol. The van der Waals surface area contributed by atoms with Gasteiger partial charge in [-0.2, -0.15) is 9.97 Å². The van der Waals surface area contributed by atoms with Crippen molar-refractivity contribution in [2.75, 3.05) is 6.61 Å². The Hall–Kier alpha value is -1.36. The summed E-state index contributed by atoms with van der Waals surface area (Å²) in [6, 6.07) is 0.425. The fourth-order valence-electron chi connectivity index (χ4n) is 2.06. The van der Waals surface area contributed by atoms with Gasteiger partial charge in [0.2, 0.25) is 5.28 Å². The summed E-state index contributed by atoms with van der Waals surface area (Å²) in [6.45, 7) is 6.60. The Labute approximate surface area is 124 Å². The molecule has 6 heteroatoms. The van der Waals surface area contributed by atoms with E-state index < -0.39 is 0 Å². The zero-order valence-electron chi connectivity index (χ0n) is 12.0. The highest BCUT2D eigenvalue weighted by Gasteiger charge is 2.20. The Morgan fingerprint density at radius 3 is 2.60 bits per heavy atom. The number of hydrogen-bond acceptors (Lipinski definition) is 5. The fraction of sp³-hybridized carbons (Fsp3) is 0.643. The molecule has 2 rings (SSSR count). The van der Waals surface area contributed by atoms with Crippen molar-refractivity contribution >= 4 is 11.6 Å². The van der Waals surface area contributed by atoms with Crippen LogP contribution < -0.4 is 9.47 Å². The van der Waals surface area contributed by atoms with E-state index in [-0.39, 0.29) is 23.4 Å². The predicted molar refractivity (Wildman–Crippen MR) is 77.1 cm³/mol. The summed E-state index contributed by atoms with van der Waals surface area (Å²) in [5.74, 6) is 1.08. The molecule has 0 saturated heterocycles. The first kappa shape index (κ1) is 15.0. The van der Waals surface area contributed by atoms with Crippen LogP contribution in [0.25, 0.3) is 0 Å². The van der Waals surface area contributed by atoms with E-state index in [1.807, 2.05) is 13.8 Å². The van der Waals surface area contributed by atoms with Crippen molar-refractivity contribution in [3.05, 3.63) is 17.4 Å². The summed E-state index contributed by atoms with van der Waals surface area (Å²) in [6.07, 6.45) is 6.50. The summed E-state index contributed by atoms with van der Waals surface area (Å²) >= 11 is 5.85. The smallest absolute Gasteiger partial charge is 0.324 e. The molecule has 0 aliphatic heterocycles. The molecule has 0 aromatic carbocycles. The highest BCUT2D eigenvalue weighted by Crippen LogP contribution is 2.25. The monoisotopic (exact) mass is 297 g/mol. The largest absolute Gasteiger partial charge is 0.463 e. The van der Waals surface area contributed by atoms with Gasteiger partial charge in [-0.1, -0.05) is 19.1 Å². The predicted octanol–water partition coefficient (Wildman–Crippen LogP) is 3.29. The molecule has 1 aliphatic rings. The van der Waals surface area contributed by atoms with Gasteiger partial charge in [0.15, 0.2) is 0 Å². The van der Waals surface area contributed by atoms with Gasteiger partial charge < -0.3 is 9.47 Å². The quantitative estimate of drug-likeness (QED) is 0.781. The van der Waals surface area contributed by atoms with Gasteiger partial charge in [0.1, 0.15) is 0 Å². The third kappa shape index (κ3) is 4.34. The molecule has 0 amide bonds. The Morgan fingerprint density at radius 1 is 1.20 bits per heavy atom. The zero-order valence-corrected chi connectivity index (χ0v) is 12.8. The van der Waals surface area contributed by atoms with E-state index in [9.17, 15) is 0 Å². The van der Waals surface area contributed by atoms with Crippen LogP contribution in [-0.4, -0.2) is 27.7 Å². The summed E-state index contributed by atoms with van der Waals surface area (Å²) in [7, 11) is 0. The van der Waals surface area contributed by atoms with Crippen molar-refractivity contribution in [3.8, 4) is 12.0 Å². The van der Waals surface area contributed by atoms with Crippen molar-refractivity contribution in [2.24, 2.45) is 11.8 Å². The average Bonchev–Trinajstić information content (AvgIpc) is 2.36. The van der Waals surface area contributed by atoms with Crippen LogP contribution in [0.1, 0.15) is 33.6 Å². The minimum Gasteiger partial charge on any atom is -0.463 e. The lowest BCUT2D eigenvalue weighted by atomic mass is 9.85. The second kappa shape index (κ2) is 6.88. The molecule has 20 heavy (non-hydrogen) atoms. The van der Waals surface area contributed by atoms with Gasteiger partial charge in [0, 0.05) is 0 Å². The highest BCUT2D eigenvalue weighted by atomic mass is 35.5. The van der Waals surface area contributed by atoms with Gasteiger partial charge in [-0.25, -0.2) is 0 Å². The number of aromatic nitrogens is 3. The van der Waals surface area contributed by atoms with Crippen molar-refractivity contribution in [3.63, 3.8) is 0 Å². The van der Waals surface area contributed by atoms with Crippen molar-refractivity contribution < 1.29 is 9.47 Å². The SMILES string of the molecule is CC(C)Oc1nc(Cl)nc(OCC2CC=CCC2C)n1. The molecule has 0 spiro atoms. The molecule has 1 heterocycles. The van der Waals surface area contributed by atoms with Gasteiger partial charge >= 0.3 is 12.0 Å². The Kier molecular flexibility index (Phi) is 5.17. The molecular weight excluding hydrogens is 278 g/mol. The molecule has 5 nitrogen and oxygen atoms in total. The molecule has 0 N–H and O–H groups in total. The number of ether oxygens (including phenoxy) is 2. The number of hydrogen-bond donors (Lipinski definition) is 0. The van der Waals surface area contributed by atoms with Crippen LogP contribution in [0.3, 0.4) is 0 Å². The molecule has 1 aromatic rings. The first-order chi connectivity index (χ1) is 9.54. The van der Waals surface area contributed by atoms with E-state index in [0.29, 0.717) is 18.4 Å². The molecule has 2 unspecified atom stereocenters. The van der Waals surface area contributed by atoms with E-state index in [1.165, 1.54) is 0 Å². The summed E-state index contributed by atoms with van der Waals surface area (Å²) in [5.41, 5.74) is 0. The topological polar surface area (TPSA) is 57.1 Å². The minimum atomic E-state index is -0.0233. The lowest BCUT2D eigenvalue weighted by Crippen LogP contribution is -2.22. The molecule has 1 aromatic heterocycles. The second-order valence-corrected chi connectivity index (χ2v) is 5.67. The Bertz CT molecular complexity index is 479. The van der Waals surface area contributed by atoms with Crippen LogP contribution in [0.2, 0.25) is 5.28 Å². The maximum absolute atomic E-state index is 5.85. The fourth-order valence-corrected chi connectivity index (χ4v) is 2.21. The van der Waals surface area contributed by atoms with Gasteiger partial charge in [-0.05, 0) is 50.1 Å². The first-order valence-corrected chi connectivity index (χ1v) is 7.28. The number of halogens is 1. The Balaban J connectivity index is 1.98. The van der Waals surface area contributed by atoms with Crippen LogP contribution in [-0.2, 0) is 0 Å². The minimum absolute atomic E-state index is 0.0233. The van der Waals surface area contributed by atoms with Crippen LogP contribution in [0, 0.1) is 11.8 Å². The number of allylic oxidation sites excluding steroid dienone is 2. The van der Waals surface area contributed by atoms with Crippen molar-refractivity contribution in [2.45, 2.75) is 39.7 Å². The van der Waals surface area contributed by atoms with E-state index in [1.54, 1.807) is 0 Å². The molecule has 110 valence electrons. The van der Waals surface area contributed by atoms with Gasteiger partial charge in [-0.3, -0.25) is 0 Å². The van der Waals surface area contributed by atoms with E-state index in [0.717, 1.165) is 12.8 Å². The third-order valence-corrected chi connectivity index (χ3v) is 3.42. The van der Waals surface area contributed by atoms with Gasteiger partial charge in [-0.15, -0.1) is 4.98 Å². The zero-order chi connectivity index (χ0) is 14.5. The standard InChI is InChI=1S/C14H20ClN3O2/c1-9(2)20-14-17-12(15)16-13(18-14)19-8-11-7-5-4-6-10(11)3/h4-5,9-11H,6-8H2,1-3H3.